The van der Waals surface area contributed by atoms with Gasteiger partial charge in [0.15, 0.2) is 11.5 Å². The molecule has 0 bridgehead atoms. The van der Waals surface area contributed by atoms with Crippen molar-refractivity contribution in [2.45, 2.75) is 6.42 Å². The number of hydrogen-bond acceptors (Lipinski definition) is 5. The molecule has 6 nitrogen and oxygen atoms in total. The second-order valence-corrected chi connectivity index (χ2v) is 6.20. The molecule has 0 radical (unpaired) electrons. The topological polar surface area (TPSA) is 77.8 Å². The van der Waals surface area contributed by atoms with Crippen LogP contribution in [-0.4, -0.2) is 19.1 Å². The quantitative estimate of drug-likeness (QED) is 0.692. The molecule has 0 saturated heterocycles. The Kier molecular flexibility index (Phi) is 4.26. The fraction of sp³-hybridized carbons (Fsp3) is 0.158. The summed E-state index contributed by atoms with van der Waals surface area (Å²) in [4.78, 5) is 23.8. The molecule has 7 heteroatoms. The van der Waals surface area contributed by atoms with Crippen LogP contribution >= 0.6 is 11.6 Å². The molecule has 0 atom stereocenters. The van der Waals surface area contributed by atoms with Gasteiger partial charge in [0.25, 0.3) is 5.91 Å². The van der Waals surface area contributed by atoms with E-state index >= 15 is 0 Å². The zero-order valence-corrected chi connectivity index (χ0v) is 14.3. The van der Waals surface area contributed by atoms with E-state index in [1.165, 1.54) is 6.07 Å². The van der Waals surface area contributed by atoms with Crippen LogP contribution < -0.4 is 20.4 Å². The van der Waals surface area contributed by atoms with E-state index in [-0.39, 0.29) is 5.91 Å². The second kappa shape index (κ2) is 6.72. The van der Waals surface area contributed by atoms with Gasteiger partial charge >= 0.3 is 5.63 Å². The molecule has 0 aliphatic carbocycles. The molecule has 132 valence electrons. The van der Waals surface area contributed by atoms with E-state index in [0.717, 1.165) is 6.42 Å². The van der Waals surface area contributed by atoms with Crippen molar-refractivity contribution in [3.05, 3.63) is 63.5 Å². The molecule has 1 aliphatic heterocycles. The van der Waals surface area contributed by atoms with Crippen molar-refractivity contribution in [1.82, 2.24) is 0 Å². The number of halogens is 1. The summed E-state index contributed by atoms with van der Waals surface area (Å²) in [7, 11) is 0. The molecule has 1 N–H and O–H groups in total. The first-order valence-electron chi connectivity index (χ1n) is 8.04. The lowest BCUT2D eigenvalue weighted by molar-refractivity contribution is 0.102. The van der Waals surface area contributed by atoms with Crippen LogP contribution in [0.3, 0.4) is 0 Å². The van der Waals surface area contributed by atoms with Crippen LogP contribution in [0.15, 0.2) is 51.7 Å². The highest BCUT2D eigenvalue weighted by molar-refractivity contribution is 6.32. The Bertz CT molecular complexity index is 1060. The van der Waals surface area contributed by atoms with Crippen LogP contribution in [0.1, 0.15) is 16.8 Å². The van der Waals surface area contributed by atoms with Gasteiger partial charge in [-0.05, 0) is 36.4 Å². The molecular formula is C19H14ClNO5. The van der Waals surface area contributed by atoms with Gasteiger partial charge in [-0.15, -0.1) is 0 Å². The zero-order chi connectivity index (χ0) is 18.1. The Balaban J connectivity index is 1.62. The fourth-order valence-electron chi connectivity index (χ4n) is 2.71. The smallest absolute Gasteiger partial charge is 0.336 e. The van der Waals surface area contributed by atoms with Crippen molar-refractivity contribution in [2.24, 2.45) is 0 Å². The van der Waals surface area contributed by atoms with Gasteiger partial charge in [0.2, 0.25) is 0 Å². The van der Waals surface area contributed by atoms with Gasteiger partial charge in [0, 0.05) is 29.1 Å². The Morgan fingerprint density at radius 1 is 1.04 bits per heavy atom. The lowest BCUT2D eigenvalue weighted by atomic mass is 10.1. The van der Waals surface area contributed by atoms with Crippen LogP contribution in [-0.2, 0) is 0 Å². The summed E-state index contributed by atoms with van der Waals surface area (Å²) in [5, 5.41) is 3.84. The number of benzene rings is 2. The van der Waals surface area contributed by atoms with Gasteiger partial charge in [-0.3, -0.25) is 4.79 Å². The number of fused-ring (bicyclic) bond motifs is 2. The Labute approximate surface area is 153 Å². The van der Waals surface area contributed by atoms with E-state index in [1.54, 1.807) is 36.4 Å². The summed E-state index contributed by atoms with van der Waals surface area (Å²) in [6, 6.07) is 11.1. The Morgan fingerprint density at radius 3 is 2.77 bits per heavy atom. The molecule has 0 saturated carbocycles. The van der Waals surface area contributed by atoms with Gasteiger partial charge in [-0.2, -0.15) is 0 Å². The van der Waals surface area contributed by atoms with E-state index in [2.05, 4.69) is 5.32 Å². The number of ether oxygens (including phenoxy) is 2. The predicted octanol–water partition coefficient (Wildman–Crippen LogP) is 3.86. The second-order valence-electron chi connectivity index (χ2n) is 5.80. The fourth-order valence-corrected chi connectivity index (χ4v) is 2.98. The summed E-state index contributed by atoms with van der Waals surface area (Å²) in [6.45, 7) is 1.02. The van der Waals surface area contributed by atoms with Gasteiger partial charge < -0.3 is 19.2 Å². The minimum atomic E-state index is -0.420. The number of amides is 1. The molecule has 26 heavy (non-hydrogen) atoms. The van der Waals surface area contributed by atoms with Crippen molar-refractivity contribution in [2.75, 3.05) is 18.5 Å². The van der Waals surface area contributed by atoms with Crippen molar-refractivity contribution in [3.63, 3.8) is 0 Å². The van der Waals surface area contributed by atoms with Crippen molar-refractivity contribution in [1.29, 1.82) is 0 Å². The van der Waals surface area contributed by atoms with Gasteiger partial charge in [0.1, 0.15) is 5.58 Å². The first-order valence-corrected chi connectivity index (χ1v) is 8.42. The molecule has 1 aliphatic rings. The molecule has 4 rings (SSSR count). The van der Waals surface area contributed by atoms with Crippen molar-refractivity contribution < 1.29 is 18.7 Å². The lowest BCUT2D eigenvalue weighted by Gasteiger charge is -2.12. The minimum Gasteiger partial charge on any atom is -0.489 e. The third-order valence-corrected chi connectivity index (χ3v) is 4.22. The highest BCUT2D eigenvalue weighted by Gasteiger charge is 2.18. The van der Waals surface area contributed by atoms with E-state index in [9.17, 15) is 9.59 Å². The van der Waals surface area contributed by atoms with Crippen LogP contribution in [0.25, 0.3) is 11.0 Å². The average molecular weight is 372 g/mol. The average Bonchev–Trinajstić information content (AvgIpc) is 2.87. The number of nitrogens with one attached hydrogen (secondary N) is 1. The Hall–Kier alpha value is -2.99. The molecule has 2 heterocycles. The van der Waals surface area contributed by atoms with E-state index in [0.29, 0.717) is 52.0 Å². The van der Waals surface area contributed by atoms with Crippen LogP contribution in [0, 0.1) is 0 Å². The maximum Gasteiger partial charge on any atom is 0.336 e. The third-order valence-electron chi connectivity index (χ3n) is 3.94. The van der Waals surface area contributed by atoms with Crippen LogP contribution in [0.2, 0.25) is 5.02 Å². The van der Waals surface area contributed by atoms with Crippen molar-refractivity contribution >= 4 is 34.2 Å². The monoisotopic (exact) mass is 371 g/mol. The molecule has 3 aromatic rings. The third kappa shape index (κ3) is 3.23. The lowest BCUT2D eigenvalue weighted by Crippen LogP contribution is -2.12. The maximum atomic E-state index is 12.6. The van der Waals surface area contributed by atoms with Gasteiger partial charge in [0.05, 0.1) is 18.2 Å². The normalized spacial score (nSPS) is 13.3. The summed E-state index contributed by atoms with van der Waals surface area (Å²) >= 11 is 6.23. The molecular weight excluding hydrogens is 358 g/mol. The Morgan fingerprint density at radius 2 is 1.88 bits per heavy atom. The molecule has 1 amide bonds. The SMILES string of the molecule is O=C(Nc1ccc2oc(=O)ccc2c1)c1cc(Cl)c2c(c1)OCCCO2. The van der Waals surface area contributed by atoms with Gasteiger partial charge in [-0.25, -0.2) is 4.79 Å². The number of rotatable bonds is 2. The van der Waals surface area contributed by atoms with Crippen molar-refractivity contribution in [3.8, 4) is 11.5 Å². The van der Waals surface area contributed by atoms with E-state index < -0.39 is 5.63 Å². The highest BCUT2D eigenvalue weighted by atomic mass is 35.5. The van der Waals surface area contributed by atoms with Crippen LogP contribution in [0.4, 0.5) is 5.69 Å². The summed E-state index contributed by atoms with van der Waals surface area (Å²) in [6.07, 6.45) is 0.750. The largest absolute Gasteiger partial charge is 0.489 e. The molecule has 2 aromatic carbocycles. The molecule has 0 unspecified atom stereocenters. The number of anilines is 1. The summed E-state index contributed by atoms with van der Waals surface area (Å²) in [5.74, 6) is 0.584. The van der Waals surface area contributed by atoms with E-state index in [1.807, 2.05) is 0 Å². The number of carbonyl (C=O) groups excluding carboxylic acids is 1. The first-order chi connectivity index (χ1) is 12.6. The predicted molar refractivity (Wildman–Crippen MR) is 97.5 cm³/mol. The standard InChI is InChI=1S/C19H14ClNO5/c20-14-9-12(10-16-18(14)25-7-1-6-24-16)19(23)21-13-3-4-15-11(8-13)2-5-17(22)26-15/h2-5,8-10H,1,6-7H2,(H,21,23). The van der Waals surface area contributed by atoms with Gasteiger partial charge in [-0.1, -0.05) is 11.6 Å². The summed E-state index contributed by atoms with van der Waals surface area (Å²) < 4.78 is 16.3. The minimum absolute atomic E-state index is 0.329. The highest BCUT2D eigenvalue weighted by Crippen LogP contribution is 2.38. The molecule has 0 fully saturated rings. The maximum absolute atomic E-state index is 12.6. The van der Waals surface area contributed by atoms with E-state index in [4.69, 9.17) is 25.5 Å². The molecule has 0 spiro atoms. The zero-order valence-electron chi connectivity index (χ0n) is 13.6. The summed E-state index contributed by atoms with van der Waals surface area (Å²) in [5.41, 5.74) is 0.962. The molecule has 1 aromatic heterocycles. The van der Waals surface area contributed by atoms with Crippen LogP contribution in [0.5, 0.6) is 11.5 Å². The number of carbonyl (C=O) groups is 1. The first kappa shape index (κ1) is 16.5. The number of hydrogen-bond donors (Lipinski definition) is 1.